The largest absolute Gasteiger partial charge is 0.668 e. The van der Waals surface area contributed by atoms with Crippen molar-refractivity contribution < 1.29 is 26.6 Å². The molecule has 0 fully saturated rings. The van der Waals surface area contributed by atoms with Crippen LogP contribution < -0.4 is 0 Å². The predicted molar refractivity (Wildman–Crippen MR) is 73.5 cm³/mol. The van der Waals surface area contributed by atoms with Crippen LogP contribution in [0.2, 0.25) is 6.55 Å². The van der Waals surface area contributed by atoms with Crippen LogP contribution in [0, 0.1) is 0 Å². The van der Waals surface area contributed by atoms with Gasteiger partial charge in [0.2, 0.25) is 0 Å². The molecule has 0 aromatic rings. The van der Waals surface area contributed by atoms with Crippen LogP contribution >= 0.6 is 0 Å². The molecule has 0 aliphatic rings. The highest BCUT2D eigenvalue weighted by Crippen LogP contribution is 2.14. The Kier molecular flexibility index (Phi) is 19.3. The van der Waals surface area contributed by atoms with Gasteiger partial charge in [0.15, 0.2) is 0 Å². The SMILES string of the molecule is C.C.CC.CO[Si](C)(OC)O[Si](O)(OC)OC. The molecule has 0 spiro atoms. The smallest absolute Gasteiger partial charge is 0.377 e. The zero-order valence-electron chi connectivity index (χ0n) is 10.5. The molecule has 0 aromatic carbocycles. The van der Waals surface area contributed by atoms with Gasteiger partial charge >= 0.3 is 17.9 Å². The Morgan fingerprint density at radius 2 is 1.06 bits per heavy atom. The normalized spacial score (nSPS) is 10.6. The van der Waals surface area contributed by atoms with E-state index < -0.39 is 17.9 Å². The summed E-state index contributed by atoms with van der Waals surface area (Å²) >= 11 is 0. The van der Waals surface area contributed by atoms with Gasteiger partial charge in [-0.25, -0.2) is 0 Å². The highest BCUT2D eigenvalue weighted by atomic mass is 28.5. The van der Waals surface area contributed by atoms with Gasteiger partial charge in [0.1, 0.15) is 0 Å². The van der Waals surface area contributed by atoms with E-state index in [-0.39, 0.29) is 14.9 Å². The van der Waals surface area contributed by atoms with Crippen LogP contribution in [-0.2, 0) is 21.8 Å². The van der Waals surface area contributed by atoms with Crippen LogP contribution in [0.15, 0.2) is 0 Å². The molecule has 0 unspecified atom stereocenters. The summed E-state index contributed by atoms with van der Waals surface area (Å²) in [6, 6.07) is 0. The van der Waals surface area contributed by atoms with Gasteiger partial charge < -0.3 is 26.6 Å². The van der Waals surface area contributed by atoms with Gasteiger partial charge in [-0.15, -0.1) is 0 Å². The van der Waals surface area contributed by atoms with Gasteiger partial charge in [-0.05, 0) is 0 Å². The van der Waals surface area contributed by atoms with Crippen molar-refractivity contribution in [1.29, 1.82) is 0 Å². The Hall–Kier alpha value is 0.194. The summed E-state index contributed by atoms with van der Waals surface area (Å²) in [4.78, 5) is 9.57. The van der Waals surface area contributed by atoms with Crippen molar-refractivity contribution in [3.05, 3.63) is 0 Å². The molecule has 1 N–H and O–H groups in total. The average Bonchev–Trinajstić information content (AvgIpc) is 2.31. The second-order valence-electron chi connectivity index (χ2n) is 2.30. The minimum Gasteiger partial charge on any atom is -0.377 e. The first kappa shape index (κ1) is 25.9. The summed E-state index contributed by atoms with van der Waals surface area (Å²) in [7, 11) is -0.892. The highest BCUT2D eigenvalue weighted by molar-refractivity contribution is 6.70. The Morgan fingerprint density at radius 3 is 1.24 bits per heavy atom. The molecule has 0 aromatic heterocycles. The molecule has 6 nitrogen and oxygen atoms in total. The van der Waals surface area contributed by atoms with Crippen LogP contribution in [0.3, 0.4) is 0 Å². The molecule has 8 heteroatoms. The summed E-state index contributed by atoms with van der Waals surface area (Å²) in [5, 5.41) is 0. The topological polar surface area (TPSA) is 66.4 Å². The van der Waals surface area contributed by atoms with Crippen molar-refractivity contribution in [2.24, 2.45) is 0 Å². The molecule has 0 rings (SSSR count). The Labute approximate surface area is 109 Å². The lowest BCUT2D eigenvalue weighted by Gasteiger charge is -2.28. The summed E-state index contributed by atoms with van der Waals surface area (Å²) in [6.07, 6.45) is 0. The lowest BCUT2D eigenvalue weighted by molar-refractivity contribution is 0.0328. The van der Waals surface area contributed by atoms with Crippen LogP contribution in [0.1, 0.15) is 28.7 Å². The van der Waals surface area contributed by atoms with Crippen molar-refractivity contribution in [3.8, 4) is 0 Å². The lowest BCUT2D eigenvalue weighted by Crippen LogP contribution is -2.56. The molecular weight excluding hydrogens is 260 g/mol. The van der Waals surface area contributed by atoms with E-state index in [1.165, 1.54) is 28.4 Å². The van der Waals surface area contributed by atoms with E-state index in [1.807, 2.05) is 13.8 Å². The zero-order chi connectivity index (χ0) is 12.5. The summed E-state index contributed by atoms with van der Waals surface area (Å²) < 4.78 is 24.6. The van der Waals surface area contributed by atoms with Gasteiger partial charge in [0.25, 0.3) is 0 Å². The third-order valence-electron chi connectivity index (χ3n) is 1.57. The summed E-state index contributed by atoms with van der Waals surface area (Å²) in [5.41, 5.74) is 0. The van der Waals surface area contributed by atoms with E-state index in [1.54, 1.807) is 6.55 Å². The standard InChI is InChI=1S/C5H16O6Si2.C2H6.2CH4/c1-7-12(5,8-2)11-13(6,9-3)10-4;1-2;;/h6H,1-5H3;1-2H3;2*1H4. The minimum absolute atomic E-state index is 0. The zero-order valence-corrected chi connectivity index (χ0v) is 12.5. The second kappa shape index (κ2) is 12.6. The van der Waals surface area contributed by atoms with Gasteiger partial charge in [-0.2, -0.15) is 0 Å². The fourth-order valence-electron chi connectivity index (χ4n) is 0.568. The molecule has 0 atom stereocenters. The van der Waals surface area contributed by atoms with E-state index in [9.17, 15) is 4.80 Å². The van der Waals surface area contributed by atoms with Crippen molar-refractivity contribution in [1.82, 2.24) is 0 Å². The van der Waals surface area contributed by atoms with Crippen LogP contribution in [0.25, 0.3) is 0 Å². The predicted octanol–water partition coefficient (Wildman–Crippen LogP) is 1.88. The number of hydrogen-bond acceptors (Lipinski definition) is 6. The van der Waals surface area contributed by atoms with Crippen molar-refractivity contribution >= 4 is 17.9 Å². The van der Waals surface area contributed by atoms with Crippen molar-refractivity contribution in [2.75, 3.05) is 28.4 Å². The highest BCUT2D eigenvalue weighted by Gasteiger charge is 2.49. The Bertz CT molecular complexity index is 134. The maximum atomic E-state index is 9.57. The van der Waals surface area contributed by atoms with Gasteiger partial charge in [0, 0.05) is 35.0 Å². The quantitative estimate of drug-likeness (QED) is 0.754. The first-order valence-corrected chi connectivity index (χ1v) is 8.48. The van der Waals surface area contributed by atoms with E-state index in [0.717, 1.165) is 0 Å². The molecule has 0 aliphatic carbocycles. The Balaban J connectivity index is -0.000000199. The van der Waals surface area contributed by atoms with Crippen LogP contribution in [0.5, 0.6) is 0 Å². The lowest BCUT2D eigenvalue weighted by atomic mass is 11.0. The Morgan fingerprint density at radius 1 is 0.765 bits per heavy atom. The van der Waals surface area contributed by atoms with E-state index in [2.05, 4.69) is 0 Å². The fraction of sp³-hybridized carbons (Fsp3) is 1.00. The molecule has 110 valence electrons. The van der Waals surface area contributed by atoms with E-state index >= 15 is 0 Å². The molecule has 0 radical (unpaired) electrons. The van der Waals surface area contributed by atoms with Gasteiger partial charge in [-0.3, -0.25) is 0 Å². The number of hydrogen-bond donors (Lipinski definition) is 1. The van der Waals surface area contributed by atoms with Gasteiger partial charge in [0.05, 0.1) is 0 Å². The molecular formula is C9H30O6Si2. The third-order valence-corrected chi connectivity index (χ3v) is 6.60. The van der Waals surface area contributed by atoms with E-state index in [4.69, 9.17) is 21.8 Å². The molecule has 0 aliphatic heterocycles. The second-order valence-corrected chi connectivity index (χ2v) is 7.53. The number of rotatable bonds is 6. The van der Waals surface area contributed by atoms with Crippen molar-refractivity contribution in [2.45, 2.75) is 35.2 Å². The van der Waals surface area contributed by atoms with Crippen LogP contribution in [0.4, 0.5) is 0 Å². The first-order valence-electron chi connectivity index (χ1n) is 4.58. The molecule has 0 heterocycles. The van der Waals surface area contributed by atoms with E-state index in [0.29, 0.717) is 0 Å². The van der Waals surface area contributed by atoms with Crippen LogP contribution in [-0.4, -0.2) is 51.1 Å². The maximum Gasteiger partial charge on any atom is 0.668 e. The molecule has 0 saturated carbocycles. The fourth-order valence-corrected chi connectivity index (χ4v) is 4.11. The third kappa shape index (κ3) is 9.86. The average molecular weight is 291 g/mol. The first-order chi connectivity index (χ1) is 6.95. The molecule has 0 amide bonds. The monoisotopic (exact) mass is 290 g/mol. The van der Waals surface area contributed by atoms with Crippen molar-refractivity contribution in [3.63, 3.8) is 0 Å². The maximum absolute atomic E-state index is 9.57. The molecule has 0 saturated heterocycles. The minimum atomic E-state index is -3.56. The molecule has 0 bridgehead atoms. The van der Waals surface area contributed by atoms with Gasteiger partial charge in [-0.1, -0.05) is 28.7 Å². The summed E-state index contributed by atoms with van der Waals surface area (Å²) in [5.74, 6) is 0. The molecule has 17 heavy (non-hydrogen) atoms. The summed E-state index contributed by atoms with van der Waals surface area (Å²) in [6.45, 7) is 5.63.